The lowest BCUT2D eigenvalue weighted by atomic mass is 10.2. The summed E-state index contributed by atoms with van der Waals surface area (Å²) in [6.07, 6.45) is 7.28. The van der Waals surface area contributed by atoms with Gasteiger partial charge in [0.1, 0.15) is 5.52 Å². The van der Waals surface area contributed by atoms with Gasteiger partial charge >= 0.3 is 0 Å². The fourth-order valence-electron chi connectivity index (χ4n) is 1.93. The van der Waals surface area contributed by atoms with Crippen LogP contribution in [0.25, 0.3) is 11.0 Å². The first kappa shape index (κ1) is 11.3. The van der Waals surface area contributed by atoms with Crippen molar-refractivity contribution in [2.24, 2.45) is 0 Å². The molecule has 3 aromatic rings. The SMILES string of the molecule is Cc1cncc(Cn2ncc3ncc(Br)cc32)c1. The van der Waals surface area contributed by atoms with Crippen LogP contribution in [0, 0.1) is 6.92 Å². The minimum absolute atomic E-state index is 0.705. The van der Waals surface area contributed by atoms with Crippen molar-refractivity contribution < 1.29 is 0 Å². The fraction of sp³-hybridized carbons (Fsp3) is 0.154. The standard InChI is InChI=1S/C13H11BrN4/c1-9-2-10(5-15-4-9)8-18-13-3-11(14)6-16-12(13)7-17-18/h2-7H,8H2,1H3. The van der Waals surface area contributed by atoms with Crippen molar-refractivity contribution in [2.45, 2.75) is 13.5 Å². The van der Waals surface area contributed by atoms with Crippen LogP contribution in [0.3, 0.4) is 0 Å². The van der Waals surface area contributed by atoms with Gasteiger partial charge in [-0.05, 0) is 40.0 Å². The second-order valence-corrected chi connectivity index (χ2v) is 5.15. The Bertz CT molecular complexity index is 705. The summed E-state index contributed by atoms with van der Waals surface area (Å²) in [6.45, 7) is 2.74. The van der Waals surface area contributed by atoms with Crippen molar-refractivity contribution >= 4 is 27.0 Å². The summed E-state index contributed by atoms with van der Waals surface area (Å²) in [6, 6.07) is 4.14. The molecule has 0 amide bonds. The number of nitrogens with zero attached hydrogens (tertiary/aromatic N) is 4. The highest BCUT2D eigenvalue weighted by molar-refractivity contribution is 9.10. The summed E-state index contributed by atoms with van der Waals surface area (Å²) in [5.41, 5.74) is 4.22. The Hall–Kier alpha value is -1.75. The van der Waals surface area contributed by atoms with Crippen LogP contribution in [0.5, 0.6) is 0 Å². The van der Waals surface area contributed by atoms with Crippen LogP contribution in [0.15, 0.2) is 41.4 Å². The number of fused-ring (bicyclic) bond motifs is 1. The van der Waals surface area contributed by atoms with E-state index >= 15 is 0 Å². The maximum atomic E-state index is 4.37. The summed E-state index contributed by atoms with van der Waals surface area (Å²) < 4.78 is 2.89. The number of hydrogen-bond acceptors (Lipinski definition) is 3. The molecule has 0 bridgehead atoms. The molecular weight excluding hydrogens is 292 g/mol. The van der Waals surface area contributed by atoms with Crippen molar-refractivity contribution in [1.82, 2.24) is 19.7 Å². The Balaban J connectivity index is 2.02. The molecular formula is C13H11BrN4. The molecule has 0 N–H and O–H groups in total. The number of pyridine rings is 2. The topological polar surface area (TPSA) is 43.6 Å². The van der Waals surface area contributed by atoms with Gasteiger partial charge in [0, 0.05) is 23.1 Å². The maximum absolute atomic E-state index is 4.37. The van der Waals surface area contributed by atoms with Crippen molar-refractivity contribution in [3.8, 4) is 0 Å². The van der Waals surface area contributed by atoms with Crippen molar-refractivity contribution in [3.05, 3.63) is 52.5 Å². The van der Waals surface area contributed by atoms with Crippen LogP contribution in [-0.2, 0) is 6.54 Å². The normalized spacial score (nSPS) is 11.0. The first-order valence-electron chi connectivity index (χ1n) is 5.60. The van der Waals surface area contributed by atoms with Crippen molar-refractivity contribution in [2.75, 3.05) is 0 Å². The van der Waals surface area contributed by atoms with Gasteiger partial charge in [0.15, 0.2) is 0 Å². The van der Waals surface area contributed by atoms with Crippen LogP contribution in [-0.4, -0.2) is 19.7 Å². The minimum Gasteiger partial charge on any atom is -0.264 e. The van der Waals surface area contributed by atoms with Gasteiger partial charge in [-0.15, -0.1) is 0 Å². The molecule has 0 aliphatic rings. The van der Waals surface area contributed by atoms with Crippen molar-refractivity contribution in [3.63, 3.8) is 0 Å². The molecule has 0 unspecified atom stereocenters. The molecule has 0 saturated carbocycles. The molecule has 0 radical (unpaired) electrons. The Morgan fingerprint density at radius 1 is 1.17 bits per heavy atom. The Morgan fingerprint density at radius 3 is 2.89 bits per heavy atom. The van der Waals surface area contributed by atoms with E-state index in [1.165, 1.54) is 0 Å². The van der Waals surface area contributed by atoms with E-state index in [4.69, 9.17) is 0 Å². The molecule has 5 heteroatoms. The van der Waals surface area contributed by atoms with E-state index in [-0.39, 0.29) is 0 Å². The average Bonchev–Trinajstić information content (AvgIpc) is 2.72. The maximum Gasteiger partial charge on any atom is 0.108 e. The Kier molecular flexibility index (Phi) is 2.83. The highest BCUT2D eigenvalue weighted by Gasteiger charge is 2.05. The van der Waals surface area contributed by atoms with Crippen LogP contribution in [0.1, 0.15) is 11.1 Å². The van der Waals surface area contributed by atoms with E-state index in [0.717, 1.165) is 26.6 Å². The van der Waals surface area contributed by atoms with E-state index in [9.17, 15) is 0 Å². The number of aryl methyl sites for hydroxylation is 1. The van der Waals surface area contributed by atoms with Gasteiger partial charge in [-0.1, -0.05) is 6.07 Å². The van der Waals surface area contributed by atoms with Crippen LogP contribution >= 0.6 is 15.9 Å². The first-order chi connectivity index (χ1) is 8.72. The zero-order chi connectivity index (χ0) is 12.5. The molecule has 0 fully saturated rings. The largest absolute Gasteiger partial charge is 0.264 e. The van der Waals surface area contributed by atoms with Gasteiger partial charge in [0.25, 0.3) is 0 Å². The third kappa shape index (κ3) is 2.13. The highest BCUT2D eigenvalue weighted by Crippen LogP contribution is 2.17. The molecule has 0 saturated heterocycles. The van der Waals surface area contributed by atoms with E-state index < -0.39 is 0 Å². The van der Waals surface area contributed by atoms with Crippen LogP contribution in [0.2, 0.25) is 0 Å². The molecule has 0 aliphatic carbocycles. The fourth-order valence-corrected chi connectivity index (χ4v) is 2.25. The average molecular weight is 303 g/mol. The smallest absolute Gasteiger partial charge is 0.108 e. The first-order valence-corrected chi connectivity index (χ1v) is 6.39. The van der Waals surface area contributed by atoms with Gasteiger partial charge in [0.05, 0.1) is 18.3 Å². The number of hydrogen-bond donors (Lipinski definition) is 0. The van der Waals surface area contributed by atoms with Gasteiger partial charge in [-0.2, -0.15) is 5.10 Å². The quantitative estimate of drug-likeness (QED) is 0.731. The van der Waals surface area contributed by atoms with E-state index in [2.05, 4.69) is 37.1 Å². The summed E-state index contributed by atoms with van der Waals surface area (Å²) >= 11 is 3.43. The minimum atomic E-state index is 0.705. The molecule has 0 aliphatic heterocycles. The summed E-state index contributed by atoms with van der Waals surface area (Å²) in [5.74, 6) is 0. The molecule has 18 heavy (non-hydrogen) atoms. The number of halogens is 1. The second-order valence-electron chi connectivity index (χ2n) is 4.23. The molecule has 3 rings (SSSR count). The molecule has 90 valence electrons. The monoisotopic (exact) mass is 302 g/mol. The predicted octanol–water partition coefficient (Wildman–Crippen LogP) is 2.95. The predicted molar refractivity (Wildman–Crippen MR) is 73.3 cm³/mol. The molecule has 3 heterocycles. The second kappa shape index (κ2) is 4.49. The van der Waals surface area contributed by atoms with E-state index in [1.54, 1.807) is 12.4 Å². The lowest BCUT2D eigenvalue weighted by Gasteiger charge is -2.04. The molecule has 0 atom stereocenters. The summed E-state index contributed by atoms with van der Waals surface area (Å²) in [4.78, 5) is 8.51. The zero-order valence-electron chi connectivity index (χ0n) is 9.84. The molecule has 0 spiro atoms. The van der Waals surface area contributed by atoms with Gasteiger partial charge in [-0.3, -0.25) is 14.6 Å². The van der Waals surface area contributed by atoms with Gasteiger partial charge in [0.2, 0.25) is 0 Å². The van der Waals surface area contributed by atoms with E-state index in [1.807, 2.05) is 30.1 Å². The third-order valence-corrected chi connectivity index (χ3v) is 3.16. The van der Waals surface area contributed by atoms with Crippen LogP contribution in [0.4, 0.5) is 0 Å². The summed E-state index contributed by atoms with van der Waals surface area (Å²) in [5, 5.41) is 4.37. The zero-order valence-corrected chi connectivity index (χ0v) is 11.4. The molecule has 0 aromatic carbocycles. The van der Waals surface area contributed by atoms with Gasteiger partial charge in [-0.25, -0.2) is 0 Å². The number of rotatable bonds is 2. The van der Waals surface area contributed by atoms with Gasteiger partial charge < -0.3 is 0 Å². The molecule has 4 nitrogen and oxygen atoms in total. The van der Waals surface area contributed by atoms with Crippen LogP contribution < -0.4 is 0 Å². The third-order valence-electron chi connectivity index (χ3n) is 2.73. The lowest BCUT2D eigenvalue weighted by Crippen LogP contribution is -2.02. The Labute approximate surface area is 113 Å². The molecule has 3 aromatic heterocycles. The lowest BCUT2D eigenvalue weighted by molar-refractivity contribution is 0.709. The highest BCUT2D eigenvalue weighted by atomic mass is 79.9. The Morgan fingerprint density at radius 2 is 2.06 bits per heavy atom. The van der Waals surface area contributed by atoms with E-state index in [0.29, 0.717) is 6.54 Å². The van der Waals surface area contributed by atoms with Crippen molar-refractivity contribution in [1.29, 1.82) is 0 Å². The number of aromatic nitrogens is 4. The summed E-state index contributed by atoms with van der Waals surface area (Å²) in [7, 11) is 0.